The van der Waals surface area contributed by atoms with Gasteiger partial charge in [-0.1, -0.05) is 30.3 Å². The maximum Gasteiger partial charge on any atom is 0.208 e. The first-order valence-corrected chi connectivity index (χ1v) is 11.5. The van der Waals surface area contributed by atoms with Gasteiger partial charge in [0.1, 0.15) is 5.75 Å². The minimum Gasteiger partial charge on any atom is -0.494 e. The zero-order valence-electron chi connectivity index (χ0n) is 17.0. The second kappa shape index (κ2) is 13.6. The smallest absolute Gasteiger partial charge is 0.208 e. The molecule has 2 rings (SSSR count). The molecule has 0 aliphatic carbocycles. The highest BCUT2D eigenvalue weighted by Crippen LogP contribution is 2.20. The zero-order valence-corrected chi connectivity index (χ0v) is 20.1. The van der Waals surface area contributed by atoms with Crippen LogP contribution in [0, 0.1) is 0 Å². The van der Waals surface area contributed by atoms with E-state index in [0.29, 0.717) is 32.7 Å². The van der Waals surface area contributed by atoms with Crippen molar-refractivity contribution in [2.24, 2.45) is 4.99 Å². The standard InChI is InChI=1S/C20H30N4O3S.HI/c1-3-21-20(22-12-6-14-24-28(2,25)26)23-13-7-15-27-19-11-10-17-8-4-5-9-18(17)16-19;/h4-5,8-11,16,24H,3,6-7,12-15H2,1-2H3,(H2,21,22,23);1H. The first-order chi connectivity index (χ1) is 13.5. The number of hydrogen-bond acceptors (Lipinski definition) is 4. The highest BCUT2D eigenvalue weighted by molar-refractivity contribution is 14.0. The number of aliphatic imine (C=N–C) groups is 1. The quantitative estimate of drug-likeness (QED) is 0.179. The van der Waals surface area contributed by atoms with Gasteiger partial charge >= 0.3 is 0 Å². The highest BCUT2D eigenvalue weighted by Gasteiger charge is 2.01. The molecule has 3 N–H and O–H groups in total. The van der Waals surface area contributed by atoms with Crippen LogP contribution < -0.4 is 20.1 Å². The lowest BCUT2D eigenvalue weighted by Gasteiger charge is -2.11. The molecule has 162 valence electrons. The number of rotatable bonds is 11. The number of benzene rings is 2. The summed E-state index contributed by atoms with van der Waals surface area (Å²) < 4.78 is 30.3. The predicted molar refractivity (Wildman–Crippen MR) is 131 cm³/mol. The topological polar surface area (TPSA) is 91.8 Å². The lowest BCUT2D eigenvalue weighted by molar-refractivity contribution is 0.314. The Morgan fingerprint density at radius 1 is 1.03 bits per heavy atom. The lowest BCUT2D eigenvalue weighted by Crippen LogP contribution is -2.38. The summed E-state index contributed by atoms with van der Waals surface area (Å²) in [7, 11) is -3.13. The SMILES string of the molecule is CCNC(=NCCCOc1ccc2ccccc2c1)NCCCNS(C)(=O)=O.I. The summed E-state index contributed by atoms with van der Waals surface area (Å²) in [5.41, 5.74) is 0. The van der Waals surface area contributed by atoms with Gasteiger partial charge in [-0.3, -0.25) is 4.99 Å². The molecule has 2 aromatic rings. The van der Waals surface area contributed by atoms with Gasteiger partial charge in [-0.05, 0) is 36.2 Å². The van der Waals surface area contributed by atoms with Crippen molar-refractivity contribution in [2.45, 2.75) is 19.8 Å². The molecule has 0 saturated carbocycles. The summed E-state index contributed by atoms with van der Waals surface area (Å²) in [4.78, 5) is 4.52. The normalized spacial score (nSPS) is 11.7. The fourth-order valence-corrected chi connectivity index (χ4v) is 3.11. The number of nitrogens with zero attached hydrogens (tertiary/aromatic N) is 1. The van der Waals surface area contributed by atoms with E-state index in [1.807, 2.05) is 25.1 Å². The second-order valence-corrected chi connectivity index (χ2v) is 8.25. The third-order valence-electron chi connectivity index (χ3n) is 3.92. The number of fused-ring (bicyclic) bond motifs is 1. The van der Waals surface area contributed by atoms with E-state index in [9.17, 15) is 8.42 Å². The molecule has 9 heteroatoms. The van der Waals surface area contributed by atoms with E-state index in [1.54, 1.807) is 0 Å². The van der Waals surface area contributed by atoms with Crippen molar-refractivity contribution in [3.05, 3.63) is 42.5 Å². The molecular weight excluding hydrogens is 503 g/mol. The first kappa shape index (κ1) is 25.4. The number of nitrogens with one attached hydrogen (secondary N) is 3. The molecule has 0 saturated heterocycles. The van der Waals surface area contributed by atoms with Gasteiger partial charge in [0.2, 0.25) is 10.0 Å². The van der Waals surface area contributed by atoms with E-state index in [4.69, 9.17) is 4.74 Å². The van der Waals surface area contributed by atoms with Gasteiger partial charge in [-0.25, -0.2) is 13.1 Å². The van der Waals surface area contributed by atoms with Crippen LogP contribution in [0.3, 0.4) is 0 Å². The van der Waals surface area contributed by atoms with Gasteiger partial charge in [-0.15, -0.1) is 24.0 Å². The van der Waals surface area contributed by atoms with Crippen LogP contribution >= 0.6 is 24.0 Å². The molecule has 29 heavy (non-hydrogen) atoms. The Labute approximate surface area is 190 Å². The summed E-state index contributed by atoms with van der Waals surface area (Å²) >= 11 is 0. The third kappa shape index (κ3) is 10.7. The molecule has 0 bridgehead atoms. The Bertz CT molecular complexity index is 875. The predicted octanol–water partition coefficient (Wildman–Crippen LogP) is 2.72. The number of sulfonamides is 1. The van der Waals surface area contributed by atoms with Crippen molar-refractivity contribution >= 4 is 50.7 Å². The van der Waals surface area contributed by atoms with Gasteiger partial charge < -0.3 is 15.4 Å². The van der Waals surface area contributed by atoms with Gasteiger partial charge in [0.25, 0.3) is 0 Å². The molecule has 0 aliphatic rings. The number of hydrogen-bond donors (Lipinski definition) is 3. The molecule has 7 nitrogen and oxygen atoms in total. The third-order valence-corrected chi connectivity index (χ3v) is 4.65. The van der Waals surface area contributed by atoms with E-state index < -0.39 is 10.0 Å². The number of guanidine groups is 1. The molecule has 0 amide bonds. The lowest BCUT2D eigenvalue weighted by atomic mass is 10.1. The van der Waals surface area contributed by atoms with Gasteiger partial charge in [0.15, 0.2) is 5.96 Å². The zero-order chi connectivity index (χ0) is 20.2. The summed E-state index contributed by atoms with van der Waals surface area (Å²) in [5.74, 6) is 1.60. The minimum absolute atomic E-state index is 0. The van der Waals surface area contributed by atoms with E-state index >= 15 is 0 Å². The fourth-order valence-electron chi connectivity index (χ4n) is 2.60. The summed E-state index contributed by atoms with van der Waals surface area (Å²) in [6.45, 7) is 5.06. The van der Waals surface area contributed by atoms with Crippen molar-refractivity contribution in [3.8, 4) is 5.75 Å². The monoisotopic (exact) mass is 534 g/mol. The fraction of sp³-hybridized carbons (Fsp3) is 0.450. The van der Waals surface area contributed by atoms with Crippen molar-refractivity contribution in [1.29, 1.82) is 0 Å². The van der Waals surface area contributed by atoms with Crippen LogP contribution in [-0.2, 0) is 10.0 Å². The molecule has 0 heterocycles. The molecule has 0 radical (unpaired) electrons. The minimum atomic E-state index is -3.13. The molecule has 0 atom stereocenters. The van der Waals surface area contributed by atoms with Crippen molar-refractivity contribution < 1.29 is 13.2 Å². The van der Waals surface area contributed by atoms with Crippen LogP contribution in [0.2, 0.25) is 0 Å². The van der Waals surface area contributed by atoms with Crippen LogP contribution in [0.5, 0.6) is 5.75 Å². The molecule has 2 aromatic carbocycles. The first-order valence-electron chi connectivity index (χ1n) is 9.56. The number of ether oxygens (including phenoxy) is 1. The van der Waals surface area contributed by atoms with E-state index in [2.05, 4.69) is 44.6 Å². The van der Waals surface area contributed by atoms with E-state index in [0.717, 1.165) is 30.9 Å². The van der Waals surface area contributed by atoms with E-state index in [-0.39, 0.29) is 24.0 Å². The van der Waals surface area contributed by atoms with Crippen LogP contribution in [0.25, 0.3) is 10.8 Å². The van der Waals surface area contributed by atoms with Gasteiger partial charge in [0.05, 0.1) is 12.9 Å². The van der Waals surface area contributed by atoms with Crippen LogP contribution in [0.15, 0.2) is 47.5 Å². The molecule has 0 spiro atoms. The van der Waals surface area contributed by atoms with Gasteiger partial charge in [0, 0.05) is 32.6 Å². The maximum absolute atomic E-state index is 11.0. The average molecular weight is 534 g/mol. The summed E-state index contributed by atoms with van der Waals surface area (Å²) in [6, 6.07) is 14.3. The molecule has 0 aromatic heterocycles. The van der Waals surface area contributed by atoms with Crippen molar-refractivity contribution in [2.75, 3.05) is 39.0 Å². The molecular formula is C20H31IN4O3S. The van der Waals surface area contributed by atoms with Crippen molar-refractivity contribution in [1.82, 2.24) is 15.4 Å². The summed E-state index contributed by atoms with van der Waals surface area (Å²) in [6.07, 6.45) is 2.65. The second-order valence-electron chi connectivity index (χ2n) is 6.42. The van der Waals surface area contributed by atoms with Crippen LogP contribution in [0.4, 0.5) is 0 Å². The van der Waals surface area contributed by atoms with Crippen molar-refractivity contribution in [3.63, 3.8) is 0 Å². The Balaban J connectivity index is 0.00000420. The Morgan fingerprint density at radius 3 is 2.52 bits per heavy atom. The molecule has 0 aliphatic heterocycles. The van der Waals surface area contributed by atoms with Gasteiger partial charge in [-0.2, -0.15) is 0 Å². The highest BCUT2D eigenvalue weighted by atomic mass is 127. The Kier molecular flexibility index (Phi) is 11.9. The summed E-state index contributed by atoms with van der Waals surface area (Å²) in [5, 5.41) is 8.75. The largest absolute Gasteiger partial charge is 0.494 e. The molecule has 0 fully saturated rings. The van der Waals surface area contributed by atoms with Crippen LogP contribution in [0.1, 0.15) is 19.8 Å². The van der Waals surface area contributed by atoms with Crippen LogP contribution in [-0.4, -0.2) is 53.4 Å². The Morgan fingerprint density at radius 2 is 1.79 bits per heavy atom. The van der Waals surface area contributed by atoms with E-state index in [1.165, 1.54) is 10.8 Å². The Hall–Kier alpha value is -1.59. The average Bonchev–Trinajstić information content (AvgIpc) is 2.66. The molecule has 0 unspecified atom stereocenters. The number of halogens is 1. The maximum atomic E-state index is 11.0.